The van der Waals surface area contributed by atoms with Gasteiger partial charge in [0.1, 0.15) is 11.6 Å². The molecule has 7 nitrogen and oxygen atoms in total. The van der Waals surface area contributed by atoms with Crippen molar-refractivity contribution >= 4 is 17.3 Å². The Hall–Kier alpha value is -3.16. The van der Waals surface area contributed by atoms with Gasteiger partial charge in [-0.15, -0.1) is 0 Å². The van der Waals surface area contributed by atoms with Gasteiger partial charge < -0.3 is 14.5 Å². The Morgan fingerprint density at radius 3 is 2.29 bits per heavy atom. The van der Waals surface area contributed by atoms with E-state index in [1.54, 1.807) is 24.3 Å². The summed E-state index contributed by atoms with van der Waals surface area (Å²) in [6.45, 7) is 3.02. The van der Waals surface area contributed by atoms with Gasteiger partial charge in [0, 0.05) is 50.4 Å². The lowest BCUT2D eigenvalue weighted by Crippen LogP contribution is -2.48. The molecule has 0 N–H and O–H groups in total. The third-order valence-electron chi connectivity index (χ3n) is 4.68. The maximum atomic E-state index is 12.8. The average Bonchev–Trinajstić information content (AvgIpc) is 2.72. The quantitative estimate of drug-likeness (QED) is 0.414. The van der Waals surface area contributed by atoms with Gasteiger partial charge in [0.15, 0.2) is 0 Å². The fraction of sp³-hybridized carbons (Fsp3) is 0.350. The minimum atomic E-state index is -0.416. The summed E-state index contributed by atoms with van der Waals surface area (Å²) in [7, 11) is 0. The monoisotopic (exact) mass is 387 g/mol. The van der Waals surface area contributed by atoms with Crippen molar-refractivity contribution in [3.05, 3.63) is 64.5 Å². The third-order valence-corrected chi connectivity index (χ3v) is 4.68. The Bertz CT molecular complexity index is 803. The normalized spacial score (nSPS) is 14.0. The molecule has 1 saturated heterocycles. The molecule has 1 aliphatic heterocycles. The summed E-state index contributed by atoms with van der Waals surface area (Å²) in [6, 6.07) is 12.3. The number of carbonyl (C=O) groups excluding carboxylic acids is 1. The van der Waals surface area contributed by atoms with E-state index < -0.39 is 4.92 Å². The van der Waals surface area contributed by atoms with Crippen LogP contribution >= 0.6 is 0 Å². The first-order valence-electron chi connectivity index (χ1n) is 9.18. The number of piperazine rings is 1. The van der Waals surface area contributed by atoms with Crippen LogP contribution in [-0.2, 0) is 4.79 Å². The highest BCUT2D eigenvalue weighted by Crippen LogP contribution is 2.21. The molecule has 0 unspecified atom stereocenters. The van der Waals surface area contributed by atoms with Crippen molar-refractivity contribution in [2.45, 2.75) is 12.8 Å². The van der Waals surface area contributed by atoms with Crippen molar-refractivity contribution in [3.63, 3.8) is 0 Å². The largest absolute Gasteiger partial charge is 0.494 e. The molecule has 8 heteroatoms. The van der Waals surface area contributed by atoms with Crippen LogP contribution in [0, 0.1) is 15.9 Å². The molecule has 0 saturated carbocycles. The van der Waals surface area contributed by atoms with Gasteiger partial charge in [-0.3, -0.25) is 14.9 Å². The minimum absolute atomic E-state index is 0.0698. The predicted octanol–water partition coefficient (Wildman–Crippen LogP) is 3.24. The topological polar surface area (TPSA) is 75.9 Å². The average molecular weight is 387 g/mol. The predicted molar refractivity (Wildman–Crippen MR) is 103 cm³/mol. The van der Waals surface area contributed by atoms with Gasteiger partial charge in [-0.25, -0.2) is 4.39 Å². The number of non-ortho nitro benzene ring substituents is 1. The van der Waals surface area contributed by atoms with E-state index >= 15 is 0 Å². The molecule has 2 aromatic rings. The second kappa shape index (κ2) is 9.16. The summed E-state index contributed by atoms with van der Waals surface area (Å²) in [5, 5.41) is 10.7. The van der Waals surface area contributed by atoms with Crippen LogP contribution < -0.4 is 9.64 Å². The maximum Gasteiger partial charge on any atom is 0.269 e. The Kier molecular flexibility index (Phi) is 6.41. The molecule has 0 radical (unpaired) electrons. The van der Waals surface area contributed by atoms with Gasteiger partial charge in [-0.2, -0.15) is 0 Å². The van der Waals surface area contributed by atoms with E-state index in [1.807, 2.05) is 4.90 Å². The summed E-state index contributed by atoms with van der Waals surface area (Å²) in [5.41, 5.74) is 0.991. The Morgan fingerprint density at radius 2 is 1.68 bits per heavy atom. The summed E-state index contributed by atoms with van der Waals surface area (Å²) >= 11 is 0. The molecule has 0 spiro atoms. The summed E-state index contributed by atoms with van der Waals surface area (Å²) in [6.07, 6.45) is 0.998. The van der Waals surface area contributed by atoms with E-state index in [2.05, 4.69) is 4.90 Å². The van der Waals surface area contributed by atoms with Gasteiger partial charge in [0.25, 0.3) is 5.69 Å². The number of nitro benzene ring substituents is 1. The zero-order valence-electron chi connectivity index (χ0n) is 15.4. The zero-order chi connectivity index (χ0) is 19.9. The fourth-order valence-electron chi connectivity index (χ4n) is 3.10. The Morgan fingerprint density at radius 1 is 1.04 bits per heavy atom. The number of anilines is 1. The molecule has 0 bridgehead atoms. The molecular formula is C20H22FN3O4. The van der Waals surface area contributed by atoms with Crippen LogP contribution in [0.4, 0.5) is 15.8 Å². The number of carbonyl (C=O) groups is 1. The number of benzene rings is 2. The number of ether oxygens (including phenoxy) is 1. The van der Waals surface area contributed by atoms with Crippen LogP contribution in [0.1, 0.15) is 12.8 Å². The van der Waals surface area contributed by atoms with Crippen LogP contribution in [0.5, 0.6) is 5.75 Å². The highest BCUT2D eigenvalue weighted by atomic mass is 19.1. The lowest BCUT2D eigenvalue weighted by atomic mass is 10.2. The smallest absolute Gasteiger partial charge is 0.269 e. The molecule has 1 aliphatic rings. The highest BCUT2D eigenvalue weighted by molar-refractivity contribution is 5.76. The minimum Gasteiger partial charge on any atom is -0.494 e. The molecule has 0 aromatic heterocycles. The molecular weight excluding hydrogens is 365 g/mol. The second-order valence-corrected chi connectivity index (χ2v) is 6.55. The van der Waals surface area contributed by atoms with Crippen molar-refractivity contribution in [1.29, 1.82) is 0 Å². The highest BCUT2D eigenvalue weighted by Gasteiger charge is 2.21. The second-order valence-electron chi connectivity index (χ2n) is 6.55. The molecule has 0 aliphatic carbocycles. The van der Waals surface area contributed by atoms with Crippen molar-refractivity contribution in [1.82, 2.24) is 4.90 Å². The van der Waals surface area contributed by atoms with Crippen LogP contribution in [0.15, 0.2) is 48.5 Å². The van der Waals surface area contributed by atoms with Crippen molar-refractivity contribution in [3.8, 4) is 5.75 Å². The van der Waals surface area contributed by atoms with Gasteiger partial charge in [0.05, 0.1) is 11.5 Å². The van der Waals surface area contributed by atoms with E-state index in [0.717, 1.165) is 5.69 Å². The van der Waals surface area contributed by atoms with E-state index in [1.165, 1.54) is 24.3 Å². The standard InChI is InChI=1S/C20H22FN3O4/c21-16-3-9-19(10-4-16)28-15-1-2-20(25)23-13-11-22(12-14-23)17-5-7-18(8-6-17)24(26)27/h3-10H,1-2,11-15H2. The Labute approximate surface area is 162 Å². The third kappa shape index (κ3) is 5.18. The first kappa shape index (κ1) is 19.6. The van der Waals surface area contributed by atoms with Crippen molar-refractivity contribution in [2.75, 3.05) is 37.7 Å². The molecule has 1 amide bonds. The fourth-order valence-corrected chi connectivity index (χ4v) is 3.10. The summed E-state index contributed by atoms with van der Waals surface area (Å²) < 4.78 is 18.3. The number of halogens is 1. The van der Waals surface area contributed by atoms with Gasteiger partial charge in [0.2, 0.25) is 5.91 Å². The van der Waals surface area contributed by atoms with Gasteiger partial charge in [-0.05, 0) is 42.8 Å². The van der Waals surface area contributed by atoms with E-state index in [-0.39, 0.29) is 17.4 Å². The molecule has 1 heterocycles. The number of hydrogen-bond acceptors (Lipinski definition) is 5. The van der Waals surface area contributed by atoms with Crippen LogP contribution in [0.25, 0.3) is 0 Å². The first-order chi connectivity index (χ1) is 13.5. The Balaban J connectivity index is 1.38. The molecule has 3 rings (SSSR count). The van der Waals surface area contributed by atoms with Crippen molar-refractivity contribution < 1.29 is 18.8 Å². The van der Waals surface area contributed by atoms with E-state index in [0.29, 0.717) is 51.4 Å². The van der Waals surface area contributed by atoms with E-state index in [9.17, 15) is 19.3 Å². The number of nitrogens with zero attached hydrogens (tertiary/aromatic N) is 3. The van der Waals surface area contributed by atoms with Gasteiger partial charge in [-0.1, -0.05) is 0 Å². The number of amides is 1. The zero-order valence-corrected chi connectivity index (χ0v) is 15.4. The maximum absolute atomic E-state index is 12.8. The van der Waals surface area contributed by atoms with E-state index in [4.69, 9.17) is 4.74 Å². The summed E-state index contributed by atoms with van der Waals surface area (Å²) in [4.78, 5) is 26.6. The number of hydrogen-bond donors (Lipinski definition) is 0. The van der Waals surface area contributed by atoms with Crippen LogP contribution in [0.3, 0.4) is 0 Å². The lowest BCUT2D eigenvalue weighted by Gasteiger charge is -2.36. The number of rotatable bonds is 7. The first-order valence-corrected chi connectivity index (χ1v) is 9.18. The molecule has 148 valence electrons. The molecule has 1 fully saturated rings. The van der Waals surface area contributed by atoms with Crippen LogP contribution in [-0.4, -0.2) is 48.5 Å². The van der Waals surface area contributed by atoms with Gasteiger partial charge >= 0.3 is 0 Å². The molecule has 2 aromatic carbocycles. The lowest BCUT2D eigenvalue weighted by molar-refractivity contribution is -0.384. The number of nitro groups is 1. The molecule has 28 heavy (non-hydrogen) atoms. The SMILES string of the molecule is O=C(CCCOc1ccc(F)cc1)N1CCN(c2ccc([N+](=O)[O-])cc2)CC1. The summed E-state index contributed by atoms with van der Waals surface area (Å²) in [5.74, 6) is 0.368. The molecule has 0 atom stereocenters. The van der Waals surface area contributed by atoms with Crippen LogP contribution in [0.2, 0.25) is 0 Å². The van der Waals surface area contributed by atoms with Crippen molar-refractivity contribution in [2.24, 2.45) is 0 Å².